The summed E-state index contributed by atoms with van der Waals surface area (Å²) in [5, 5.41) is 5.53. The summed E-state index contributed by atoms with van der Waals surface area (Å²) in [5.74, 6) is 1.12. The molecule has 0 aromatic carbocycles. The molecule has 0 spiro atoms. The lowest BCUT2D eigenvalue weighted by Gasteiger charge is -2.08. The lowest BCUT2D eigenvalue weighted by Crippen LogP contribution is -2.16. The zero-order valence-electron chi connectivity index (χ0n) is 14.1. The van der Waals surface area contributed by atoms with Crippen LogP contribution < -0.4 is 5.32 Å². The third-order valence-electron chi connectivity index (χ3n) is 3.79. The topological polar surface area (TPSA) is 93.8 Å². The summed E-state index contributed by atoms with van der Waals surface area (Å²) in [6.45, 7) is 3.89. The van der Waals surface area contributed by atoms with E-state index in [9.17, 15) is 4.79 Å². The average molecular weight is 365 g/mol. The summed E-state index contributed by atoms with van der Waals surface area (Å²) in [4.78, 5) is 30.9. The number of carbonyl (C=O) groups is 1. The fraction of sp³-hybridized carbons (Fsp3) is 0.167. The number of pyridine rings is 1. The molecule has 1 amide bonds. The fourth-order valence-electron chi connectivity index (χ4n) is 2.56. The quantitative estimate of drug-likeness (QED) is 0.585. The van der Waals surface area contributed by atoms with Gasteiger partial charge in [-0.05, 0) is 23.6 Å². The van der Waals surface area contributed by atoms with Gasteiger partial charge in [-0.1, -0.05) is 19.9 Å². The van der Waals surface area contributed by atoms with Crippen LogP contribution in [0.1, 0.15) is 36.0 Å². The summed E-state index contributed by atoms with van der Waals surface area (Å²) in [5.41, 5.74) is 0.906. The zero-order valence-corrected chi connectivity index (χ0v) is 14.9. The van der Waals surface area contributed by atoms with Gasteiger partial charge in [-0.2, -0.15) is 0 Å². The van der Waals surface area contributed by atoms with E-state index in [1.807, 2.05) is 43.5 Å². The highest BCUT2D eigenvalue weighted by Gasteiger charge is 2.21. The van der Waals surface area contributed by atoms with Crippen molar-refractivity contribution in [1.82, 2.24) is 19.9 Å². The zero-order chi connectivity index (χ0) is 18.1. The molecule has 0 saturated heterocycles. The van der Waals surface area contributed by atoms with E-state index in [4.69, 9.17) is 4.42 Å². The Morgan fingerprint density at radius 3 is 2.85 bits per heavy atom. The molecule has 0 aliphatic rings. The van der Waals surface area contributed by atoms with Crippen LogP contribution in [-0.2, 0) is 0 Å². The Morgan fingerprint density at radius 1 is 1.19 bits per heavy atom. The molecule has 0 atom stereocenters. The second-order valence-corrected chi connectivity index (χ2v) is 6.82. The van der Waals surface area contributed by atoms with Crippen LogP contribution >= 0.6 is 11.3 Å². The number of amides is 1. The molecule has 4 aromatic heterocycles. The van der Waals surface area contributed by atoms with E-state index in [-0.39, 0.29) is 17.5 Å². The molecule has 4 aromatic rings. The molecule has 0 fully saturated rings. The van der Waals surface area contributed by atoms with Crippen LogP contribution in [0.2, 0.25) is 0 Å². The van der Waals surface area contributed by atoms with Gasteiger partial charge in [0.25, 0.3) is 5.91 Å². The van der Waals surface area contributed by atoms with E-state index in [0.29, 0.717) is 23.1 Å². The maximum atomic E-state index is 12.7. The minimum atomic E-state index is -0.361. The second kappa shape index (κ2) is 6.64. The Balaban J connectivity index is 1.75. The summed E-state index contributed by atoms with van der Waals surface area (Å²) in [7, 11) is 0. The number of carbonyl (C=O) groups excluding carboxylic acids is 1. The number of thiophene rings is 1. The van der Waals surface area contributed by atoms with Crippen molar-refractivity contribution < 1.29 is 9.21 Å². The lowest BCUT2D eigenvalue weighted by atomic mass is 10.1. The summed E-state index contributed by atoms with van der Waals surface area (Å²) in [6, 6.07) is 7.40. The van der Waals surface area contributed by atoms with Crippen molar-refractivity contribution in [3.8, 4) is 11.5 Å². The molecule has 0 bridgehead atoms. The monoisotopic (exact) mass is 365 g/mol. The molecule has 1 N–H and O–H groups in total. The van der Waals surface area contributed by atoms with Crippen LogP contribution in [0, 0.1) is 0 Å². The first-order valence-electron chi connectivity index (χ1n) is 8.05. The van der Waals surface area contributed by atoms with Crippen molar-refractivity contribution in [2.75, 3.05) is 5.32 Å². The maximum Gasteiger partial charge on any atom is 0.279 e. The molecule has 0 aliphatic carbocycles. The third kappa shape index (κ3) is 2.95. The molecule has 130 valence electrons. The number of fused-ring (bicyclic) bond motifs is 1. The normalized spacial score (nSPS) is 11.2. The van der Waals surface area contributed by atoms with Crippen LogP contribution in [0.15, 0.2) is 46.7 Å². The molecular weight excluding hydrogens is 350 g/mol. The number of anilines is 1. The van der Waals surface area contributed by atoms with Gasteiger partial charge in [0.05, 0.1) is 5.39 Å². The first-order valence-corrected chi connectivity index (χ1v) is 8.93. The number of hydrogen-bond donors (Lipinski definition) is 1. The lowest BCUT2D eigenvalue weighted by molar-refractivity contribution is 0.102. The van der Waals surface area contributed by atoms with Crippen LogP contribution in [0.3, 0.4) is 0 Å². The van der Waals surface area contributed by atoms with Gasteiger partial charge in [-0.15, -0.1) is 11.3 Å². The van der Waals surface area contributed by atoms with E-state index >= 15 is 0 Å². The van der Waals surface area contributed by atoms with Gasteiger partial charge in [0, 0.05) is 12.1 Å². The third-order valence-corrected chi connectivity index (χ3v) is 4.59. The predicted octanol–water partition coefficient (Wildman–Crippen LogP) is 4.12. The molecule has 0 radical (unpaired) electrons. The van der Waals surface area contributed by atoms with Gasteiger partial charge in [0.1, 0.15) is 22.1 Å². The van der Waals surface area contributed by atoms with Gasteiger partial charge in [0.15, 0.2) is 17.9 Å². The minimum Gasteiger partial charge on any atom is -0.447 e. The smallest absolute Gasteiger partial charge is 0.279 e. The van der Waals surface area contributed by atoms with Gasteiger partial charge in [0.2, 0.25) is 0 Å². The molecule has 7 nitrogen and oxygen atoms in total. The standard InChI is InChI=1S/C18H15N5O2S/c1-10(2)14-13(20-9-25-14)17(24)22-15-11-6-8-26-18(11)23-16(21-15)12-5-3-4-7-19-12/h3-10H,1-2H3,(H,21,22,23,24). The highest BCUT2D eigenvalue weighted by atomic mass is 32.1. The van der Waals surface area contributed by atoms with Gasteiger partial charge in [-0.25, -0.2) is 15.0 Å². The van der Waals surface area contributed by atoms with Crippen molar-refractivity contribution in [3.05, 3.63) is 53.7 Å². The Morgan fingerprint density at radius 2 is 2.08 bits per heavy atom. The minimum absolute atomic E-state index is 0.0499. The molecule has 0 aliphatic heterocycles. The van der Waals surface area contributed by atoms with Crippen molar-refractivity contribution in [2.45, 2.75) is 19.8 Å². The molecule has 0 unspecified atom stereocenters. The molecule has 4 rings (SSSR count). The number of nitrogens with one attached hydrogen (secondary N) is 1. The van der Waals surface area contributed by atoms with Crippen LogP contribution in [-0.4, -0.2) is 25.8 Å². The van der Waals surface area contributed by atoms with Crippen molar-refractivity contribution in [2.24, 2.45) is 0 Å². The first-order chi connectivity index (χ1) is 12.6. The predicted molar refractivity (Wildman–Crippen MR) is 99.2 cm³/mol. The van der Waals surface area contributed by atoms with Gasteiger partial charge >= 0.3 is 0 Å². The Hall–Kier alpha value is -3.13. The van der Waals surface area contributed by atoms with Crippen LogP contribution in [0.5, 0.6) is 0 Å². The second-order valence-electron chi connectivity index (χ2n) is 5.92. The summed E-state index contributed by atoms with van der Waals surface area (Å²) < 4.78 is 5.34. The maximum absolute atomic E-state index is 12.7. The molecule has 0 saturated carbocycles. The summed E-state index contributed by atoms with van der Waals surface area (Å²) >= 11 is 1.48. The highest BCUT2D eigenvalue weighted by molar-refractivity contribution is 7.16. The largest absolute Gasteiger partial charge is 0.447 e. The SMILES string of the molecule is CC(C)c1ocnc1C(=O)Nc1nc(-c2ccccn2)nc2sccc12. The highest BCUT2D eigenvalue weighted by Crippen LogP contribution is 2.28. The van der Waals surface area contributed by atoms with Crippen LogP contribution in [0.25, 0.3) is 21.7 Å². The van der Waals surface area contributed by atoms with Gasteiger partial charge < -0.3 is 9.73 Å². The number of aromatic nitrogens is 4. The van der Waals surface area contributed by atoms with Crippen molar-refractivity contribution >= 4 is 33.3 Å². The Bertz CT molecular complexity index is 1070. The average Bonchev–Trinajstić information content (AvgIpc) is 3.31. The number of hydrogen-bond acceptors (Lipinski definition) is 7. The van der Waals surface area contributed by atoms with E-state index < -0.39 is 0 Å². The summed E-state index contributed by atoms with van der Waals surface area (Å²) in [6.07, 6.45) is 2.96. The fourth-order valence-corrected chi connectivity index (χ4v) is 3.33. The van der Waals surface area contributed by atoms with E-state index in [2.05, 4.69) is 25.3 Å². The molecular formula is C18H15N5O2S. The number of nitrogens with zero attached hydrogens (tertiary/aromatic N) is 4. The van der Waals surface area contributed by atoms with Crippen molar-refractivity contribution in [1.29, 1.82) is 0 Å². The molecule has 8 heteroatoms. The molecule has 26 heavy (non-hydrogen) atoms. The van der Waals surface area contributed by atoms with Crippen molar-refractivity contribution in [3.63, 3.8) is 0 Å². The van der Waals surface area contributed by atoms with E-state index in [0.717, 1.165) is 10.2 Å². The van der Waals surface area contributed by atoms with E-state index in [1.54, 1.807) is 6.20 Å². The van der Waals surface area contributed by atoms with Gasteiger partial charge in [-0.3, -0.25) is 9.78 Å². The number of rotatable bonds is 4. The Labute approximate surface area is 153 Å². The van der Waals surface area contributed by atoms with E-state index in [1.165, 1.54) is 17.7 Å². The van der Waals surface area contributed by atoms with Crippen LogP contribution in [0.4, 0.5) is 5.82 Å². The Kier molecular flexibility index (Phi) is 4.18. The first kappa shape index (κ1) is 16.3. The molecule has 4 heterocycles. The number of oxazole rings is 1.